The molecule has 0 atom stereocenters. The predicted molar refractivity (Wildman–Crippen MR) is 96.5 cm³/mol. The summed E-state index contributed by atoms with van der Waals surface area (Å²) < 4.78 is 26.7. The van der Waals surface area contributed by atoms with Gasteiger partial charge >= 0.3 is 0 Å². The molecule has 0 aliphatic carbocycles. The highest BCUT2D eigenvalue weighted by Gasteiger charge is 2.10. The molecule has 132 valence electrons. The molecule has 1 heterocycles. The van der Waals surface area contributed by atoms with Crippen molar-refractivity contribution >= 4 is 29.0 Å². The van der Waals surface area contributed by atoms with Crippen LogP contribution in [0.4, 0.5) is 20.3 Å². The zero-order chi connectivity index (χ0) is 18.5. The molecule has 0 saturated heterocycles. The highest BCUT2D eigenvalue weighted by atomic mass is 35.5. The van der Waals surface area contributed by atoms with Gasteiger partial charge in [-0.1, -0.05) is 29.8 Å². The predicted octanol–water partition coefficient (Wildman–Crippen LogP) is 4.69. The number of pyridine rings is 1. The summed E-state index contributed by atoms with van der Waals surface area (Å²) in [5.41, 5.74) is 1.20. The van der Waals surface area contributed by atoms with E-state index in [1.54, 1.807) is 6.07 Å². The maximum absolute atomic E-state index is 13.7. The van der Waals surface area contributed by atoms with Gasteiger partial charge in [-0.3, -0.25) is 4.79 Å². The first kappa shape index (κ1) is 17.8. The van der Waals surface area contributed by atoms with Crippen molar-refractivity contribution in [3.05, 3.63) is 88.6 Å². The number of amides is 1. The molecule has 0 aliphatic rings. The third-order valence-electron chi connectivity index (χ3n) is 3.61. The molecule has 2 N–H and O–H groups in total. The monoisotopic (exact) mass is 373 g/mol. The zero-order valence-corrected chi connectivity index (χ0v) is 14.2. The van der Waals surface area contributed by atoms with Crippen molar-refractivity contribution in [3.8, 4) is 0 Å². The number of nitrogens with one attached hydrogen (secondary N) is 2. The highest BCUT2D eigenvalue weighted by molar-refractivity contribution is 6.31. The zero-order valence-electron chi connectivity index (χ0n) is 13.5. The second-order valence-electron chi connectivity index (χ2n) is 5.45. The summed E-state index contributed by atoms with van der Waals surface area (Å²) in [5, 5.41) is 6.05. The third kappa shape index (κ3) is 4.34. The molecule has 4 nitrogen and oxygen atoms in total. The molecule has 0 aliphatic heterocycles. The quantitative estimate of drug-likeness (QED) is 0.682. The van der Waals surface area contributed by atoms with Gasteiger partial charge in [0.2, 0.25) is 0 Å². The lowest BCUT2D eigenvalue weighted by Gasteiger charge is -2.10. The molecular weight excluding hydrogens is 360 g/mol. The van der Waals surface area contributed by atoms with E-state index >= 15 is 0 Å². The number of hydrogen-bond acceptors (Lipinski definition) is 3. The maximum Gasteiger partial charge on any atom is 0.251 e. The standard InChI is InChI=1S/C19H14ClF2N3O/c20-15-4-2-1-3-13(15)11-24-19(26)12-7-8-23-18(9-12)25-17-6-5-14(21)10-16(17)22/h1-10H,11H2,(H,23,25)(H,24,26). The van der Waals surface area contributed by atoms with Crippen LogP contribution in [0.5, 0.6) is 0 Å². The molecule has 0 bridgehead atoms. The lowest BCUT2D eigenvalue weighted by molar-refractivity contribution is 0.0951. The Hall–Kier alpha value is -2.99. The van der Waals surface area contributed by atoms with Crippen LogP contribution in [0.1, 0.15) is 15.9 Å². The van der Waals surface area contributed by atoms with Crippen LogP contribution in [0.2, 0.25) is 5.02 Å². The van der Waals surface area contributed by atoms with E-state index in [-0.39, 0.29) is 24.0 Å². The van der Waals surface area contributed by atoms with Gasteiger partial charge in [0, 0.05) is 29.4 Å². The van der Waals surface area contributed by atoms with E-state index in [1.807, 2.05) is 18.2 Å². The minimum atomic E-state index is -0.750. The lowest BCUT2D eigenvalue weighted by Crippen LogP contribution is -2.23. The molecule has 1 aromatic heterocycles. The summed E-state index contributed by atoms with van der Waals surface area (Å²) in [6.07, 6.45) is 1.42. The number of carbonyl (C=O) groups excluding carboxylic acids is 1. The van der Waals surface area contributed by atoms with E-state index in [9.17, 15) is 13.6 Å². The number of halogens is 3. The number of hydrogen-bond donors (Lipinski definition) is 2. The Balaban J connectivity index is 1.70. The number of benzene rings is 2. The molecule has 0 unspecified atom stereocenters. The summed E-state index contributed by atoms with van der Waals surface area (Å²) in [5.74, 6) is -1.48. The second-order valence-corrected chi connectivity index (χ2v) is 5.86. The number of anilines is 2. The van der Waals surface area contributed by atoms with Crippen molar-refractivity contribution in [1.29, 1.82) is 0 Å². The van der Waals surface area contributed by atoms with E-state index in [0.717, 1.165) is 17.7 Å². The van der Waals surface area contributed by atoms with E-state index in [1.165, 1.54) is 24.4 Å². The van der Waals surface area contributed by atoms with Crippen LogP contribution in [0.3, 0.4) is 0 Å². The van der Waals surface area contributed by atoms with Crippen LogP contribution in [0, 0.1) is 11.6 Å². The molecule has 1 amide bonds. The van der Waals surface area contributed by atoms with Crippen LogP contribution in [0.25, 0.3) is 0 Å². The van der Waals surface area contributed by atoms with Gasteiger partial charge in [0.25, 0.3) is 5.91 Å². The number of nitrogens with zero attached hydrogens (tertiary/aromatic N) is 1. The molecule has 26 heavy (non-hydrogen) atoms. The maximum atomic E-state index is 13.7. The Morgan fingerprint density at radius 1 is 1.08 bits per heavy atom. The van der Waals surface area contributed by atoms with Gasteiger partial charge in [0.1, 0.15) is 17.5 Å². The van der Waals surface area contributed by atoms with E-state index < -0.39 is 11.6 Å². The summed E-state index contributed by atoms with van der Waals surface area (Å²) in [4.78, 5) is 16.4. The molecular formula is C19H14ClF2N3O. The van der Waals surface area contributed by atoms with Crippen molar-refractivity contribution in [2.75, 3.05) is 5.32 Å². The molecule has 0 saturated carbocycles. The third-order valence-corrected chi connectivity index (χ3v) is 3.98. The highest BCUT2D eigenvalue weighted by Crippen LogP contribution is 2.20. The summed E-state index contributed by atoms with van der Waals surface area (Å²) in [6, 6.07) is 13.4. The first-order valence-electron chi connectivity index (χ1n) is 7.72. The average Bonchev–Trinajstić information content (AvgIpc) is 2.63. The van der Waals surface area contributed by atoms with Crippen LogP contribution in [-0.4, -0.2) is 10.9 Å². The summed E-state index contributed by atoms with van der Waals surface area (Å²) in [7, 11) is 0. The first-order valence-corrected chi connectivity index (χ1v) is 8.10. The number of aromatic nitrogens is 1. The fraction of sp³-hybridized carbons (Fsp3) is 0.0526. The van der Waals surface area contributed by atoms with Crippen molar-refractivity contribution < 1.29 is 13.6 Å². The van der Waals surface area contributed by atoms with Gasteiger partial charge in [0.05, 0.1) is 5.69 Å². The molecule has 0 radical (unpaired) electrons. The molecule has 3 rings (SSSR count). The smallest absolute Gasteiger partial charge is 0.251 e. The van der Waals surface area contributed by atoms with Crippen molar-refractivity contribution in [2.24, 2.45) is 0 Å². The summed E-state index contributed by atoms with van der Waals surface area (Å²) in [6.45, 7) is 0.274. The van der Waals surface area contributed by atoms with E-state index in [0.29, 0.717) is 10.6 Å². The van der Waals surface area contributed by atoms with Crippen molar-refractivity contribution in [2.45, 2.75) is 6.54 Å². The minimum absolute atomic E-state index is 0.0625. The Labute approximate surface area is 153 Å². The molecule has 7 heteroatoms. The molecule has 0 fully saturated rings. The Morgan fingerprint density at radius 3 is 2.65 bits per heavy atom. The second kappa shape index (κ2) is 7.93. The van der Waals surface area contributed by atoms with Gasteiger partial charge < -0.3 is 10.6 Å². The van der Waals surface area contributed by atoms with Gasteiger partial charge in [0.15, 0.2) is 0 Å². The number of carbonyl (C=O) groups is 1. The Kier molecular flexibility index (Phi) is 5.43. The van der Waals surface area contributed by atoms with E-state index in [4.69, 9.17) is 11.6 Å². The fourth-order valence-corrected chi connectivity index (χ4v) is 2.49. The molecule has 3 aromatic rings. The Bertz CT molecular complexity index is 950. The minimum Gasteiger partial charge on any atom is -0.348 e. The van der Waals surface area contributed by atoms with Crippen LogP contribution >= 0.6 is 11.6 Å². The van der Waals surface area contributed by atoms with Gasteiger partial charge in [-0.15, -0.1) is 0 Å². The normalized spacial score (nSPS) is 10.4. The Morgan fingerprint density at radius 2 is 1.88 bits per heavy atom. The van der Waals surface area contributed by atoms with Gasteiger partial charge in [-0.25, -0.2) is 13.8 Å². The van der Waals surface area contributed by atoms with Crippen molar-refractivity contribution in [1.82, 2.24) is 10.3 Å². The largest absolute Gasteiger partial charge is 0.348 e. The number of rotatable bonds is 5. The van der Waals surface area contributed by atoms with Crippen LogP contribution in [0.15, 0.2) is 60.8 Å². The van der Waals surface area contributed by atoms with Gasteiger partial charge in [-0.2, -0.15) is 0 Å². The molecule has 2 aromatic carbocycles. The average molecular weight is 374 g/mol. The lowest BCUT2D eigenvalue weighted by atomic mass is 10.2. The van der Waals surface area contributed by atoms with E-state index in [2.05, 4.69) is 15.6 Å². The summed E-state index contributed by atoms with van der Waals surface area (Å²) >= 11 is 6.06. The van der Waals surface area contributed by atoms with Crippen LogP contribution < -0.4 is 10.6 Å². The van der Waals surface area contributed by atoms with Crippen molar-refractivity contribution in [3.63, 3.8) is 0 Å². The topological polar surface area (TPSA) is 54.0 Å². The SMILES string of the molecule is O=C(NCc1ccccc1Cl)c1ccnc(Nc2ccc(F)cc2F)c1. The van der Waals surface area contributed by atoms with Gasteiger partial charge in [-0.05, 0) is 35.9 Å². The van der Waals surface area contributed by atoms with Crippen LogP contribution in [-0.2, 0) is 6.54 Å². The fourth-order valence-electron chi connectivity index (χ4n) is 2.29. The first-order chi connectivity index (χ1) is 12.5. The molecule has 0 spiro atoms.